The number of rotatable bonds is 4. The number of hydrogen-bond acceptors (Lipinski definition) is 3. The Labute approximate surface area is 102 Å². The zero-order valence-corrected chi connectivity index (χ0v) is 10.8. The molecule has 0 amide bonds. The lowest BCUT2D eigenvalue weighted by molar-refractivity contribution is 0.589. The molecule has 5 heteroatoms. The molecular formula is C12H18N2O2S. The summed E-state index contributed by atoms with van der Waals surface area (Å²) in [5, 5.41) is 0. The van der Waals surface area contributed by atoms with Crippen molar-refractivity contribution in [2.75, 3.05) is 22.3 Å². The molecule has 0 unspecified atom stereocenters. The van der Waals surface area contributed by atoms with Crippen LogP contribution in [0.4, 0.5) is 11.4 Å². The maximum absolute atomic E-state index is 12.2. The van der Waals surface area contributed by atoms with Crippen molar-refractivity contribution < 1.29 is 8.42 Å². The normalized spacial score (nSPS) is 15.0. The Bertz CT molecular complexity index is 511. The van der Waals surface area contributed by atoms with Crippen molar-refractivity contribution in [1.82, 2.24) is 0 Å². The van der Waals surface area contributed by atoms with Crippen LogP contribution in [0.1, 0.15) is 25.3 Å². The Hall–Kier alpha value is -1.23. The van der Waals surface area contributed by atoms with E-state index >= 15 is 0 Å². The van der Waals surface area contributed by atoms with Crippen molar-refractivity contribution >= 4 is 21.4 Å². The first kappa shape index (κ1) is 12.2. The summed E-state index contributed by atoms with van der Waals surface area (Å²) in [6, 6.07) is 5.49. The highest BCUT2D eigenvalue weighted by Gasteiger charge is 2.28. The van der Waals surface area contributed by atoms with Crippen molar-refractivity contribution in [2.45, 2.75) is 26.2 Å². The molecule has 0 spiro atoms. The maximum Gasteiger partial charge on any atom is 0.235 e. The van der Waals surface area contributed by atoms with Gasteiger partial charge in [0.1, 0.15) is 0 Å². The zero-order valence-electron chi connectivity index (χ0n) is 10.0. The number of sulfonamides is 1. The van der Waals surface area contributed by atoms with Gasteiger partial charge < -0.3 is 5.73 Å². The molecule has 0 saturated heterocycles. The molecule has 0 radical (unpaired) electrons. The molecule has 0 fully saturated rings. The fourth-order valence-corrected chi connectivity index (χ4v) is 3.81. The number of unbranched alkanes of at least 4 members (excludes halogenated alkanes) is 1. The van der Waals surface area contributed by atoms with Crippen LogP contribution in [-0.4, -0.2) is 20.7 Å². The van der Waals surface area contributed by atoms with Gasteiger partial charge in [-0.3, -0.25) is 4.31 Å². The molecule has 0 bridgehead atoms. The van der Waals surface area contributed by atoms with Gasteiger partial charge in [0.2, 0.25) is 10.0 Å². The molecule has 94 valence electrons. The van der Waals surface area contributed by atoms with Crippen molar-refractivity contribution in [1.29, 1.82) is 0 Å². The highest BCUT2D eigenvalue weighted by Crippen LogP contribution is 2.32. The predicted octanol–water partition coefficient (Wildman–Crippen LogP) is 1.76. The number of anilines is 2. The molecule has 17 heavy (non-hydrogen) atoms. The van der Waals surface area contributed by atoms with Crippen LogP contribution < -0.4 is 10.0 Å². The minimum Gasteiger partial charge on any atom is -0.399 e. The second-order valence-electron chi connectivity index (χ2n) is 4.38. The third kappa shape index (κ3) is 2.39. The van der Waals surface area contributed by atoms with E-state index in [-0.39, 0.29) is 5.75 Å². The predicted molar refractivity (Wildman–Crippen MR) is 70.6 cm³/mol. The molecular weight excluding hydrogens is 236 g/mol. The Kier molecular flexibility index (Phi) is 3.28. The maximum atomic E-state index is 12.2. The fourth-order valence-electron chi connectivity index (χ4n) is 2.09. The van der Waals surface area contributed by atoms with E-state index in [1.54, 1.807) is 6.07 Å². The molecule has 1 heterocycles. The van der Waals surface area contributed by atoms with Gasteiger partial charge >= 0.3 is 0 Å². The van der Waals surface area contributed by atoms with E-state index in [0.29, 0.717) is 18.7 Å². The van der Waals surface area contributed by atoms with Crippen molar-refractivity contribution in [3.8, 4) is 0 Å². The summed E-state index contributed by atoms with van der Waals surface area (Å²) in [7, 11) is -3.17. The van der Waals surface area contributed by atoms with Crippen LogP contribution in [0.25, 0.3) is 0 Å². The SMILES string of the molecule is CCCCS(=O)(=O)N1CCc2ccc(N)cc21. The quantitative estimate of drug-likeness (QED) is 0.833. The summed E-state index contributed by atoms with van der Waals surface area (Å²) in [4.78, 5) is 0. The van der Waals surface area contributed by atoms with Gasteiger partial charge in [0, 0.05) is 12.2 Å². The molecule has 4 nitrogen and oxygen atoms in total. The first-order valence-corrected chi connectivity index (χ1v) is 7.54. The number of benzene rings is 1. The van der Waals surface area contributed by atoms with E-state index in [1.807, 2.05) is 19.1 Å². The molecule has 1 aromatic rings. The Morgan fingerprint density at radius 2 is 2.18 bits per heavy atom. The third-order valence-corrected chi connectivity index (χ3v) is 4.91. The Morgan fingerprint density at radius 1 is 1.41 bits per heavy atom. The molecule has 0 saturated carbocycles. The second kappa shape index (κ2) is 4.56. The first-order valence-electron chi connectivity index (χ1n) is 5.93. The number of nitrogen functional groups attached to an aromatic ring is 1. The lowest BCUT2D eigenvalue weighted by Gasteiger charge is -2.19. The number of nitrogens with two attached hydrogens (primary N) is 1. The van der Waals surface area contributed by atoms with E-state index in [0.717, 1.165) is 24.1 Å². The minimum absolute atomic E-state index is 0.220. The van der Waals surface area contributed by atoms with Gasteiger partial charge in [-0.05, 0) is 30.5 Å². The summed E-state index contributed by atoms with van der Waals surface area (Å²) >= 11 is 0. The smallest absolute Gasteiger partial charge is 0.235 e. The van der Waals surface area contributed by atoms with E-state index < -0.39 is 10.0 Å². The van der Waals surface area contributed by atoms with E-state index in [1.165, 1.54) is 4.31 Å². The van der Waals surface area contributed by atoms with Gasteiger partial charge in [-0.25, -0.2) is 8.42 Å². The van der Waals surface area contributed by atoms with E-state index in [9.17, 15) is 8.42 Å². The second-order valence-corrected chi connectivity index (χ2v) is 6.39. The molecule has 1 aromatic carbocycles. The number of hydrogen-bond donors (Lipinski definition) is 1. The van der Waals surface area contributed by atoms with Crippen molar-refractivity contribution in [2.24, 2.45) is 0 Å². The topological polar surface area (TPSA) is 63.4 Å². The summed E-state index contributed by atoms with van der Waals surface area (Å²) < 4.78 is 25.8. The highest BCUT2D eigenvalue weighted by atomic mass is 32.2. The highest BCUT2D eigenvalue weighted by molar-refractivity contribution is 7.92. The molecule has 1 aliphatic rings. The Morgan fingerprint density at radius 3 is 2.88 bits per heavy atom. The lowest BCUT2D eigenvalue weighted by atomic mass is 10.1. The van der Waals surface area contributed by atoms with Crippen LogP contribution in [0.5, 0.6) is 0 Å². The number of fused-ring (bicyclic) bond motifs is 1. The standard InChI is InChI=1S/C12H18N2O2S/c1-2-3-8-17(15,16)14-7-6-10-4-5-11(13)9-12(10)14/h4-5,9H,2-3,6-8,13H2,1H3. The van der Waals surface area contributed by atoms with Crippen molar-refractivity contribution in [3.63, 3.8) is 0 Å². The van der Waals surface area contributed by atoms with Gasteiger partial charge in [0.25, 0.3) is 0 Å². The monoisotopic (exact) mass is 254 g/mol. The van der Waals surface area contributed by atoms with Crippen LogP contribution >= 0.6 is 0 Å². The van der Waals surface area contributed by atoms with Crippen LogP contribution in [0.2, 0.25) is 0 Å². The summed E-state index contributed by atoms with van der Waals surface area (Å²) in [6.07, 6.45) is 2.37. The number of nitrogens with zero attached hydrogens (tertiary/aromatic N) is 1. The van der Waals surface area contributed by atoms with Gasteiger partial charge in [0.15, 0.2) is 0 Å². The van der Waals surface area contributed by atoms with E-state index in [4.69, 9.17) is 5.73 Å². The van der Waals surface area contributed by atoms with Gasteiger partial charge in [0.05, 0.1) is 11.4 Å². The van der Waals surface area contributed by atoms with E-state index in [2.05, 4.69) is 0 Å². The lowest BCUT2D eigenvalue weighted by Crippen LogP contribution is -2.31. The molecule has 2 rings (SSSR count). The minimum atomic E-state index is -3.17. The van der Waals surface area contributed by atoms with Crippen LogP contribution in [0.15, 0.2) is 18.2 Å². The van der Waals surface area contributed by atoms with Gasteiger partial charge in [-0.2, -0.15) is 0 Å². The fraction of sp³-hybridized carbons (Fsp3) is 0.500. The first-order chi connectivity index (χ1) is 8.04. The average molecular weight is 254 g/mol. The van der Waals surface area contributed by atoms with Crippen molar-refractivity contribution in [3.05, 3.63) is 23.8 Å². The van der Waals surface area contributed by atoms with Gasteiger partial charge in [-0.1, -0.05) is 19.4 Å². The summed E-state index contributed by atoms with van der Waals surface area (Å²) in [5.41, 5.74) is 8.16. The molecule has 0 atom stereocenters. The molecule has 2 N–H and O–H groups in total. The van der Waals surface area contributed by atoms with Crippen LogP contribution in [-0.2, 0) is 16.4 Å². The molecule has 0 aliphatic carbocycles. The average Bonchev–Trinajstić information content (AvgIpc) is 2.70. The van der Waals surface area contributed by atoms with Gasteiger partial charge in [-0.15, -0.1) is 0 Å². The summed E-state index contributed by atoms with van der Waals surface area (Å²) in [5.74, 6) is 0.220. The Balaban J connectivity index is 2.30. The molecule has 0 aromatic heterocycles. The molecule has 1 aliphatic heterocycles. The summed E-state index contributed by atoms with van der Waals surface area (Å²) in [6.45, 7) is 2.54. The van der Waals surface area contributed by atoms with Crippen LogP contribution in [0.3, 0.4) is 0 Å². The largest absolute Gasteiger partial charge is 0.399 e. The zero-order chi connectivity index (χ0) is 12.5. The third-order valence-electron chi connectivity index (χ3n) is 3.05. The van der Waals surface area contributed by atoms with Crippen LogP contribution in [0, 0.1) is 0 Å².